The molecule has 0 amide bonds. The van der Waals surface area contributed by atoms with Crippen molar-refractivity contribution < 1.29 is 4.74 Å². The molecule has 0 spiro atoms. The summed E-state index contributed by atoms with van der Waals surface area (Å²) in [5.74, 6) is 1.77. The van der Waals surface area contributed by atoms with E-state index in [1.807, 2.05) is 29.5 Å². The van der Waals surface area contributed by atoms with Crippen molar-refractivity contribution in [1.29, 1.82) is 0 Å². The Balaban J connectivity index is 1.54. The molecule has 1 aromatic carbocycles. The molecule has 3 rings (SSSR count). The molecule has 2 N–H and O–H groups in total. The van der Waals surface area contributed by atoms with Crippen LogP contribution in [0.1, 0.15) is 25.3 Å². The molecular formula is C20H28N4OS. The van der Waals surface area contributed by atoms with Gasteiger partial charge in [0.15, 0.2) is 5.96 Å². The lowest BCUT2D eigenvalue weighted by Crippen LogP contribution is -2.48. The molecule has 1 aliphatic rings. The first-order valence-corrected chi connectivity index (χ1v) is 10.1. The molecule has 1 aromatic heterocycles. The number of anilines is 1. The molecule has 0 aliphatic carbocycles. The van der Waals surface area contributed by atoms with Crippen molar-refractivity contribution in [3.05, 3.63) is 47.3 Å². The minimum absolute atomic E-state index is 0.467. The van der Waals surface area contributed by atoms with E-state index >= 15 is 0 Å². The molecule has 2 heterocycles. The maximum Gasteiger partial charge on any atom is 0.191 e. The third-order valence-electron chi connectivity index (χ3n) is 4.55. The zero-order chi connectivity index (χ0) is 18.2. The summed E-state index contributed by atoms with van der Waals surface area (Å²) in [5.41, 5.74) is 1.15. The Kier molecular flexibility index (Phi) is 6.77. The van der Waals surface area contributed by atoms with Crippen LogP contribution < -0.4 is 20.3 Å². The number of hydrogen-bond acceptors (Lipinski definition) is 4. The molecule has 0 atom stereocenters. The number of aliphatic imine (C=N–C) groups is 1. The van der Waals surface area contributed by atoms with Crippen LogP contribution in [-0.4, -0.2) is 38.7 Å². The van der Waals surface area contributed by atoms with Crippen molar-refractivity contribution >= 4 is 22.3 Å². The first-order valence-electron chi connectivity index (χ1n) is 9.24. The second-order valence-electron chi connectivity index (χ2n) is 6.40. The highest BCUT2D eigenvalue weighted by Gasteiger charge is 2.20. The van der Waals surface area contributed by atoms with Crippen molar-refractivity contribution in [3.63, 3.8) is 0 Å². The average molecular weight is 373 g/mol. The number of benzene rings is 1. The molecule has 140 valence electrons. The number of nitrogens with zero attached hydrogens (tertiary/aromatic N) is 2. The normalized spacial score (nSPS) is 15.8. The van der Waals surface area contributed by atoms with Gasteiger partial charge in [-0.1, -0.05) is 12.1 Å². The van der Waals surface area contributed by atoms with Crippen LogP contribution in [0.15, 0.2) is 46.8 Å². The van der Waals surface area contributed by atoms with E-state index in [0.29, 0.717) is 12.6 Å². The lowest BCUT2D eigenvalue weighted by molar-refractivity contribution is 0.414. The van der Waals surface area contributed by atoms with Crippen molar-refractivity contribution in [2.45, 2.75) is 32.4 Å². The van der Waals surface area contributed by atoms with E-state index in [9.17, 15) is 0 Å². The van der Waals surface area contributed by atoms with Gasteiger partial charge in [-0.2, -0.15) is 0 Å². The van der Waals surface area contributed by atoms with Crippen molar-refractivity contribution in [3.8, 4) is 5.75 Å². The molecule has 0 unspecified atom stereocenters. The zero-order valence-corrected chi connectivity index (χ0v) is 16.4. The zero-order valence-electron chi connectivity index (χ0n) is 15.6. The fourth-order valence-electron chi connectivity index (χ4n) is 3.15. The highest BCUT2D eigenvalue weighted by atomic mass is 32.1. The standard InChI is InChI=1S/C20H28N4OS/c1-3-21-20(22-15-16-6-4-7-18(14-16)25-2)23-17-9-11-24(12-10-17)19-8-5-13-26-19/h4-8,13-14,17H,3,9-12,15H2,1-2H3,(H2,21,22,23). The topological polar surface area (TPSA) is 48.9 Å². The van der Waals surface area contributed by atoms with Gasteiger partial charge in [-0.15, -0.1) is 11.3 Å². The summed E-state index contributed by atoms with van der Waals surface area (Å²) in [5, 5.41) is 10.5. The number of thiophene rings is 1. The summed E-state index contributed by atoms with van der Waals surface area (Å²) in [4.78, 5) is 7.22. The maximum absolute atomic E-state index is 5.29. The van der Waals surface area contributed by atoms with Gasteiger partial charge in [0, 0.05) is 25.7 Å². The van der Waals surface area contributed by atoms with Crippen LogP contribution in [0.5, 0.6) is 5.75 Å². The number of ether oxygens (including phenoxy) is 1. The summed E-state index contributed by atoms with van der Waals surface area (Å²) in [7, 11) is 1.69. The maximum atomic E-state index is 5.29. The van der Waals surface area contributed by atoms with Gasteiger partial charge in [-0.3, -0.25) is 0 Å². The minimum Gasteiger partial charge on any atom is -0.497 e. The lowest BCUT2D eigenvalue weighted by Gasteiger charge is -2.33. The monoisotopic (exact) mass is 372 g/mol. The van der Waals surface area contributed by atoms with Crippen LogP contribution in [0.3, 0.4) is 0 Å². The largest absolute Gasteiger partial charge is 0.497 e. The molecule has 6 heteroatoms. The molecule has 1 fully saturated rings. The van der Waals surface area contributed by atoms with E-state index in [1.54, 1.807) is 7.11 Å². The summed E-state index contributed by atoms with van der Waals surface area (Å²) in [6.07, 6.45) is 2.25. The van der Waals surface area contributed by atoms with Gasteiger partial charge in [-0.05, 0) is 55.0 Å². The quantitative estimate of drug-likeness (QED) is 0.602. The highest BCUT2D eigenvalue weighted by molar-refractivity contribution is 7.14. The average Bonchev–Trinajstić information content (AvgIpc) is 3.22. The molecule has 1 saturated heterocycles. The van der Waals surface area contributed by atoms with Gasteiger partial charge in [0.05, 0.1) is 18.7 Å². The lowest BCUT2D eigenvalue weighted by atomic mass is 10.1. The number of guanidine groups is 1. The van der Waals surface area contributed by atoms with Gasteiger partial charge in [0.1, 0.15) is 5.75 Å². The molecule has 0 saturated carbocycles. The van der Waals surface area contributed by atoms with Crippen LogP contribution in [-0.2, 0) is 6.54 Å². The minimum atomic E-state index is 0.467. The second-order valence-corrected chi connectivity index (χ2v) is 7.33. The summed E-state index contributed by atoms with van der Waals surface area (Å²) >= 11 is 1.82. The molecule has 0 radical (unpaired) electrons. The number of nitrogens with one attached hydrogen (secondary N) is 2. The Morgan fingerprint density at radius 3 is 2.81 bits per heavy atom. The number of rotatable bonds is 6. The summed E-state index contributed by atoms with van der Waals surface area (Å²) in [6.45, 7) is 5.78. The fraction of sp³-hybridized carbons (Fsp3) is 0.450. The van der Waals surface area contributed by atoms with Gasteiger partial charge in [0.25, 0.3) is 0 Å². The first kappa shape index (κ1) is 18.6. The predicted octanol–water partition coefficient (Wildman–Crippen LogP) is 3.48. The molecule has 5 nitrogen and oxygen atoms in total. The number of piperidine rings is 1. The molecule has 2 aromatic rings. The van der Waals surface area contributed by atoms with Crippen molar-refractivity contribution in [2.24, 2.45) is 4.99 Å². The highest BCUT2D eigenvalue weighted by Crippen LogP contribution is 2.24. The second kappa shape index (κ2) is 9.48. The Bertz CT molecular complexity index is 694. The van der Waals surface area contributed by atoms with E-state index in [-0.39, 0.29) is 0 Å². The first-order chi connectivity index (χ1) is 12.8. The van der Waals surface area contributed by atoms with Crippen molar-refractivity contribution in [2.75, 3.05) is 31.6 Å². The van der Waals surface area contributed by atoms with Crippen LogP contribution >= 0.6 is 11.3 Å². The molecule has 26 heavy (non-hydrogen) atoms. The Morgan fingerprint density at radius 2 is 2.12 bits per heavy atom. The van der Waals surface area contributed by atoms with E-state index < -0.39 is 0 Å². The fourth-order valence-corrected chi connectivity index (χ4v) is 3.93. The molecular weight excluding hydrogens is 344 g/mol. The third kappa shape index (κ3) is 5.14. The predicted molar refractivity (Wildman–Crippen MR) is 110 cm³/mol. The SMILES string of the molecule is CCNC(=NCc1cccc(OC)c1)NC1CCN(c2cccs2)CC1. The number of methoxy groups -OCH3 is 1. The van der Waals surface area contributed by atoms with Gasteiger partial charge < -0.3 is 20.3 Å². The Hall–Kier alpha value is -2.21. The summed E-state index contributed by atoms with van der Waals surface area (Å²) < 4.78 is 5.29. The van der Waals surface area contributed by atoms with Crippen LogP contribution in [0.2, 0.25) is 0 Å². The van der Waals surface area contributed by atoms with Crippen LogP contribution in [0.4, 0.5) is 5.00 Å². The third-order valence-corrected chi connectivity index (χ3v) is 5.48. The van der Waals surface area contributed by atoms with E-state index in [2.05, 4.69) is 46.0 Å². The smallest absolute Gasteiger partial charge is 0.191 e. The van der Waals surface area contributed by atoms with E-state index in [0.717, 1.165) is 49.7 Å². The Labute approximate surface area is 160 Å². The van der Waals surface area contributed by atoms with Crippen LogP contribution in [0.25, 0.3) is 0 Å². The van der Waals surface area contributed by atoms with E-state index in [4.69, 9.17) is 9.73 Å². The Morgan fingerprint density at radius 1 is 1.27 bits per heavy atom. The number of hydrogen-bond donors (Lipinski definition) is 2. The van der Waals surface area contributed by atoms with Gasteiger partial charge in [-0.25, -0.2) is 4.99 Å². The van der Waals surface area contributed by atoms with Crippen molar-refractivity contribution in [1.82, 2.24) is 10.6 Å². The van der Waals surface area contributed by atoms with E-state index in [1.165, 1.54) is 5.00 Å². The molecule has 0 bridgehead atoms. The van der Waals surface area contributed by atoms with Crippen LogP contribution in [0, 0.1) is 0 Å². The van der Waals surface area contributed by atoms with Gasteiger partial charge >= 0.3 is 0 Å². The summed E-state index contributed by atoms with van der Waals surface area (Å²) in [6, 6.07) is 12.9. The van der Waals surface area contributed by atoms with Gasteiger partial charge in [0.2, 0.25) is 0 Å². The molecule has 1 aliphatic heterocycles.